The molecule has 0 aliphatic rings. The van der Waals surface area contributed by atoms with Crippen LogP contribution in [0.4, 0.5) is 0 Å². The van der Waals surface area contributed by atoms with Crippen molar-refractivity contribution in [2.75, 3.05) is 7.11 Å². The maximum absolute atomic E-state index is 10.3. The van der Waals surface area contributed by atoms with Gasteiger partial charge in [0.2, 0.25) is 0 Å². The molecule has 2 heteroatoms. The highest BCUT2D eigenvalue weighted by molar-refractivity contribution is 5.53. The van der Waals surface area contributed by atoms with Crippen LogP contribution in [0.3, 0.4) is 0 Å². The van der Waals surface area contributed by atoms with Crippen molar-refractivity contribution in [1.29, 1.82) is 0 Å². The lowest BCUT2D eigenvalue weighted by atomic mass is 10.00. The fourth-order valence-electron chi connectivity index (χ4n) is 1.64. The molecule has 0 aliphatic carbocycles. The van der Waals surface area contributed by atoms with E-state index in [0.29, 0.717) is 6.42 Å². The Bertz CT molecular complexity index is 329. The quantitative estimate of drug-likeness (QED) is 0.685. The van der Waals surface area contributed by atoms with E-state index in [-0.39, 0.29) is 0 Å². The minimum atomic E-state index is 0.556. The Hall–Kier alpha value is -1.31. The average molecular weight is 192 g/mol. The van der Waals surface area contributed by atoms with Crippen LogP contribution in [0.2, 0.25) is 0 Å². The summed E-state index contributed by atoms with van der Waals surface area (Å²) in [6, 6.07) is 4.11. The van der Waals surface area contributed by atoms with E-state index < -0.39 is 0 Å². The number of benzene rings is 1. The van der Waals surface area contributed by atoms with Gasteiger partial charge in [-0.05, 0) is 37.0 Å². The number of aryl methyl sites for hydroxylation is 2. The van der Waals surface area contributed by atoms with E-state index in [4.69, 9.17) is 4.74 Å². The van der Waals surface area contributed by atoms with E-state index in [1.807, 2.05) is 19.9 Å². The van der Waals surface area contributed by atoms with Gasteiger partial charge in [0.05, 0.1) is 7.11 Å². The molecule has 76 valence electrons. The van der Waals surface area contributed by atoms with Gasteiger partial charge in [-0.3, -0.25) is 0 Å². The van der Waals surface area contributed by atoms with Crippen LogP contribution in [-0.4, -0.2) is 13.4 Å². The molecule has 1 rings (SSSR count). The zero-order valence-electron chi connectivity index (χ0n) is 8.96. The van der Waals surface area contributed by atoms with Gasteiger partial charge in [-0.25, -0.2) is 0 Å². The Morgan fingerprint density at radius 3 is 2.50 bits per heavy atom. The van der Waals surface area contributed by atoms with Gasteiger partial charge in [-0.2, -0.15) is 0 Å². The molecule has 0 N–H and O–H groups in total. The number of hydrogen-bond acceptors (Lipinski definition) is 2. The molecule has 1 aromatic carbocycles. The fourth-order valence-corrected chi connectivity index (χ4v) is 1.64. The molecule has 0 saturated heterocycles. The second-order valence-corrected chi connectivity index (χ2v) is 3.42. The second-order valence-electron chi connectivity index (χ2n) is 3.42. The summed E-state index contributed by atoms with van der Waals surface area (Å²) in [6.07, 6.45) is 2.27. The zero-order chi connectivity index (χ0) is 10.6. The Labute approximate surface area is 84.9 Å². The maximum atomic E-state index is 10.3. The Kier molecular flexibility index (Phi) is 3.69. The van der Waals surface area contributed by atoms with Crippen LogP contribution >= 0.6 is 0 Å². The van der Waals surface area contributed by atoms with Gasteiger partial charge in [-0.1, -0.05) is 12.1 Å². The summed E-state index contributed by atoms with van der Waals surface area (Å²) in [6.45, 7) is 4.06. The Morgan fingerprint density at radius 1 is 1.29 bits per heavy atom. The number of aldehydes is 1. The first-order valence-corrected chi connectivity index (χ1v) is 4.77. The molecule has 0 spiro atoms. The molecule has 0 heterocycles. The standard InChI is InChI=1S/C12H16O2/c1-9-6-7-10(2)12(14-3)11(9)5-4-8-13/h6-8H,4-5H2,1-3H3. The molecule has 14 heavy (non-hydrogen) atoms. The lowest BCUT2D eigenvalue weighted by molar-refractivity contribution is -0.107. The zero-order valence-corrected chi connectivity index (χ0v) is 8.96. The number of methoxy groups -OCH3 is 1. The molecule has 0 bridgehead atoms. The van der Waals surface area contributed by atoms with Crippen molar-refractivity contribution in [3.63, 3.8) is 0 Å². The molecule has 0 atom stereocenters. The minimum absolute atomic E-state index is 0.556. The van der Waals surface area contributed by atoms with Gasteiger partial charge >= 0.3 is 0 Å². The van der Waals surface area contributed by atoms with E-state index in [0.717, 1.165) is 29.6 Å². The summed E-state index contributed by atoms with van der Waals surface area (Å²) < 4.78 is 5.34. The van der Waals surface area contributed by atoms with Crippen molar-refractivity contribution < 1.29 is 9.53 Å². The van der Waals surface area contributed by atoms with E-state index in [1.54, 1.807) is 7.11 Å². The molecule has 2 nitrogen and oxygen atoms in total. The van der Waals surface area contributed by atoms with Gasteiger partial charge < -0.3 is 9.53 Å². The average Bonchev–Trinajstić information content (AvgIpc) is 2.19. The van der Waals surface area contributed by atoms with Crippen molar-refractivity contribution in [2.45, 2.75) is 26.7 Å². The number of carbonyl (C=O) groups is 1. The number of hydrogen-bond donors (Lipinski definition) is 0. The van der Waals surface area contributed by atoms with E-state index in [1.165, 1.54) is 5.56 Å². The van der Waals surface area contributed by atoms with Crippen molar-refractivity contribution in [2.24, 2.45) is 0 Å². The van der Waals surface area contributed by atoms with E-state index in [9.17, 15) is 4.79 Å². The van der Waals surface area contributed by atoms with E-state index in [2.05, 4.69) is 6.07 Å². The van der Waals surface area contributed by atoms with Gasteiger partial charge in [0.1, 0.15) is 12.0 Å². The predicted molar refractivity (Wildman–Crippen MR) is 56.9 cm³/mol. The Morgan fingerprint density at radius 2 is 1.93 bits per heavy atom. The topological polar surface area (TPSA) is 26.3 Å². The molecular formula is C12H16O2. The van der Waals surface area contributed by atoms with Crippen LogP contribution < -0.4 is 4.74 Å². The third kappa shape index (κ3) is 2.13. The van der Waals surface area contributed by atoms with Crippen molar-refractivity contribution in [1.82, 2.24) is 0 Å². The van der Waals surface area contributed by atoms with Gasteiger partial charge in [-0.15, -0.1) is 0 Å². The van der Waals surface area contributed by atoms with E-state index >= 15 is 0 Å². The summed E-state index contributed by atoms with van der Waals surface area (Å²) >= 11 is 0. The minimum Gasteiger partial charge on any atom is -0.496 e. The molecule has 0 aliphatic heterocycles. The molecule has 0 aromatic heterocycles. The first kappa shape index (κ1) is 10.8. The Balaban J connectivity index is 3.08. The summed E-state index contributed by atoms with van der Waals surface area (Å²) in [5, 5.41) is 0. The van der Waals surface area contributed by atoms with Crippen LogP contribution in [0.5, 0.6) is 5.75 Å². The van der Waals surface area contributed by atoms with Crippen molar-refractivity contribution >= 4 is 6.29 Å². The maximum Gasteiger partial charge on any atom is 0.125 e. The summed E-state index contributed by atoms with van der Waals surface area (Å²) in [4.78, 5) is 10.3. The number of rotatable bonds is 4. The van der Waals surface area contributed by atoms with Gasteiger partial charge in [0, 0.05) is 6.42 Å². The predicted octanol–water partition coefficient (Wildman–Crippen LogP) is 2.44. The van der Waals surface area contributed by atoms with Crippen molar-refractivity contribution in [3.8, 4) is 5.75 Å². The summed E-state index contributed by atoms with van der Waals surface area (Å²) in [7, 11) is 1.67. The van der Waals surface area contributed by atoms with Crippen LogP contribution in [0.1, 0.15) is 23.1 Å². The third-order valence-electron chi connectivity index (χ3n) is 2.41. The highest BCUT2D eigenvalue weighted by Crippen LogP contribution is 2.27. The molecule has 0 unspecified atom stereocenters. The van der Waals surface area contributed by atoms with Gasteiger partial charge in [0.15, 0.2) is 0 Å². The number of ether oxygens (including phenoxy) is 1. The lowest BCUT2D eigenvalue weighted by Crippen LogP contribution is -1.98. The van der Waals surface area contributed by atoms with Crippen molar-refractivity contribution in [3.05, 3.63) is 28.8 Å². The third-order valence-corrected chi connectivity index (χ3v) is 2.41. The first-order chi connectivity index (χ1) is 6.70. The monoisotopic (exact) mass is 192 g/mol. The SMILES string of the molecule is COc1c(C)ccc(C)c1CCC=O. The first-order valence-electron chi connectivity index (χ1n) is 4.77. The molecule has 0 fully saturated rings. The van der Waals surface area contributed by atoms with Gasteiger partial charge in [0.25, 0.3) is 0 Å². The van der Waals surface area contributed by atoms with Crippen LogP contribution in [0.25, 0.3) is 0 Å². The fraction of sp³-hybridized carbons (Fsp3) is 0.417. The smallest absolute Gasteiger partial charge is 0.125 e. The summed E-state index contributed by atoms with van der Waals surface area (Å²) in [5.41, 5.74) is 3.47. The number of carbonyl (C=O) groups excluding carboxylic acids is 1. The molecule has 0 radical (unpaired) electrons. The lowest BCUT2D eigenvalue weighted by Gasteiger charge is -2.13. The highest BCUT2D eigenvalue weighted by atomic mass is 16.5. The largest absolute Gasteiger partial charge is 0.496 e. The van der Waals surface area contributed by atoms with Crippen LogP contribution in [0, 0.1) is 13.8 Å². The highest BCUT2D eigenvalue weighted by Gasteiger charge is 2.08. The normalized spacial score (nSPS) is 9.93. The molecular weight excluding hydrogens is 176 g/mol. The molecule has 0 amide bonds. The van der Waals surface area contributed by atoms with Crippen LogP contribution in [-0.2, 0) is 11.2 Å². The molecule has 1 aromatic rings. The second kappa shape index (κ2) is 4.80. The molecule has 0 saturated carbocycles. The van der Waals surface area contributed by atoms with Crippen LogP contribution in [0.15, 0.2) is 12.1 Å². The summed E-state index contributed by atoms with van der Waals surface area (Å²) in [5.74, 6) is 0.923.